The Morgan fingerprint density at radius 2 is 2.05 bits per heavy atom. The number of hydrogen-bond donors (Lipinski definition) is 0. The molecule has 2 nitrogen and oxygen atoms in total. The van der Waals surface area contributed by atoms with Gasteiger partial charge in [0.2, 0.25) is 0 Å². The molecule has 22 heavy (non-hydrogen) atoms. The van der Waals surface area contributed by atoms with Crippen LogP contribution < -0.4 is 0 Å². The Bertz CT molecular complexity index is 899. The smallest absolute Gasteiger partial charge is 0.165 e. The Balaban J connectivity index is 1.81. The van der Waals surface area contributed by atoms with Crippen LogP contribution in [0.15, 0.2) is 53.6 Å². The molecule has 0 spiro atoms. The maximum Gasteiger partial charge on any atom is 0.165 e. The first-order valence-electron chi connectivity index (χ1n) is 7.17. The Hall–Kier alpha value is -1.71. The summed E-state index contributed by atoms with van der Waals surface area (Å²) in [5.41, 5.74) is 3.19. The number of aryl methyl sites for hydroxylation is 1. The van der Waals surface area contributed by atoms with Crippen LogP contribution in [0, 0.1) is 0 Å². The third-order valence-corrected chi connectivity index (χ3v) is 5.71. The van der Waals surface area contributed by atoms with Gasteiger partial charge in [0.1, 0.15) is 0 Å². The van der Waals surface area contributed by atoms with Gasteiger partial charge in [-0.1, -0.05) is 29.8 Å². The van der Waals surface area contributed by atoms with Gasteiger partial charge < -0.3 is 4.57 Å². The Kier molecular flexibility index (Phi) is 3.28. The Morgan fingerprint density at radius 1 is 1.23 bits per heavy atom. The maximum atomic E-state index is 12.5. The lowest BCUT2D eigenvalue weighted by atomic mass is 10.0. The first-order chi connectivity index (χ1) is 10.6. The van der Waals surface area contributed by atoms with E-state index < -0.39 is 0 Å². The maximum absolute atomic E-state index is 12.5. The fraction of sp³-hybridized carbons (Fsp3) is 0.167. The molecule has 0 radical (unpaired) electrons. The topological polar surface area (TPSA) is 22.0 Å². The van der Waals surface area contributed by atoms with Crippen molar-refractivity contribution in [1.29, 1.82) is 0 Å². The highest BCUT2D eigenvalue weighted by atomic mass is 35.5. The molecular formula is C18H14ClNOS. The van der Waals surface area contributed by atoms with E-state index in [-0.39, 0.29) is 11.0 Å². The molecule has 1 aliphatic heterocycles. The lowest BCUT2D eigenvalue weighted by Gasteiger charge is -2.23. The predicted octanol–water partition coefficient (Wildman–Crippen LogP) is 5.25. The van der Waals surface area contributed by atoms with E-state index in [1.54, 1.807) is 17.8 Å². The average molecular weight is 328 g/mol. The lowest BCUT2D eigenvalue weighted by Crippen LogP contribution is -2.12. The molecule has 0 saturated carbocycles. The van der Waals surface area contributed by atoms with Crippen LogP contribution in [0.1, 0.15) is 27.6 Å². The number of Topliss-reactive ketones (excluding diaryl/α,β-unsaturated/α-hetero) is 1. The van der Waals surface area contributed by atoms with Crippen LogP contribution in [0.5, 0.6) is 0 Å². The number of ketones is 1. The molecule has 0 N–H and O–H groups in total. The molecule has 0 bridgehead atoms. The van der Waals surface area contributed by atoms with Crippen LogP contribution in [0.25, 0.3) is 10.9 Å². The number of hydrogen-bond acceptors (Lipinski definition) is 2. The molecule has 4 heteroatoms. The molecule has 0 saturated heterocycles. The van der Waals surface area contributed by atoms with E-state index in [0.29, 0.717) is 11.4 Å². The van der Waals surface area contributed by atoms with E-state index in [2.05, 4.69) is 36.0 Å². The minimum Gasteiger partial charge on any atom is -0.350 e. The molecule has 1 atom stereocenters. The number of rotatable bonds is 1. The number of halogens is 1. The molecule has 0 fully saturated rings. The van der Waals surface area contributed by atoms with Gasteiger partial charge in [-0.3, -0.25) is 4.79 Å². The minimum atomic E-state index is 0.160. The number of carbonyl (C=O) groups is 1. The van der Waals surface area contributed by atoms with E-state index in [4.69, 9.17) is 11.6 Å². The van der Waals surface area contributed by atoms with E-state index in [0.717, 1.165) is 10.5 Å². The Morgan fingerprint density at radius 3 is 2.91 bits per heavy atom. The second kappa shape index (κ2) is 5.18. The van der Waals surface area contributed by atoms with Gasteiger partial charge in [0.15, 0.2) is 5.78 Å². The van der Waals surface area contributed by atoms with Crippen molar-refractivity contribution in [3.05, 3.63) is 64.8 Å². The largest absolute Gasteiger partial charge is 0.350 e. The number of fused-ring (bicyclic) bond motifs is 2. The molecule has 0 aliphatic carbocycles. The number of benzene rings is 2. The third-order valence-electron chi connectivity index (χ3n) is 4.16. The highest BCUT2D eigenvalue weighted by Crippen LogP contribution is 2.47. The van der Waals surface area contributed by atoms with Crippen molar-refractivity contribution >= 4 is 40.0 Å². The summed E-state index contributed by atoms with van der Waals surface area (Å²) in [4.78, 5) is 13.5. The van der Waals surface area contributed by atoms with Crippen LogP contribution in [-0.2, 0) is 7.05 Å². The van der Waals surface area contributed by atoms with Crippen molar-refractivity contribution in [2.24, 2.45) is 7.05 Å². The fourth-order valence-corrected chi connectivity index (χ4v) is 4.57. The van der Waals surface area contributed by atoms with E-state index >= 15 is 0 Å². The summed E-state index contributed by atoms with van der Waals surface area (Å²) >= 11 is 7.77. The van der Waals surface area contributed by atoms with Gasteiger partial charge in [-0.2, -0.15) is 0 Å². The van der Waals surface area contributed by atoms with Gasteiger partial charge in [-0.25, -0.2) is 0 Å². The molecule has 0 amide bonds. The first kappa shape index (κ1) is 13.9. The number of aromatic nitrogens is 1. The van der Waals surface area contributed by atoms with Gasteiger partial charge in [-0.05, 0) is 29.8 Å². The standard InChI is InChI=1S/C18H14ClNOS/c1-20-10-14(12-4-2-3-5-15(12)20)18-9-16(21)13-8-11(19)6-7-17(13)22-18/h2-8,10,18H,9H2,1H3. The molecule has 4 rings (SSSR count). The van der Waals surface area contributed by atoms with Gasteiger partial charge in [0, 0.05) is 51.3 Å². The molecule has 3 aromatic rings. The zero-order chi connectivity index (χ0) is 15.3. The van der Waals surface area contributed by atoms with Crippen molar-refractivity contribution in [2.45, 2.75) is 16.6 Å². The number of carbonyl (C=O) groups excluding carboxylic acids is 1. The van der Waals surface area contributed by atoms with E-state index in [1.165, 1.54) is 16.5 Å². The van der Waals surface area contributed by atoms with Gasteiger partial charge in [0.25, 0.3) is 0 Å². The quantitative estimate of drug-likeness (QED) is 0.609. The molecular weight excluding hydrogens is 314 g/mol. The monoisotopic (exact) mass is 327 g/mol. The summed E-state index contributed by atoms with van der Waals surface area (Å²) in [5, 5.41) is 2.01. The second-order valence-electron chi connectivity index (χ2n) is 5.59. The van der Waals surface area contributed by atoms with E-state index in [9.17, 15) is 4.79 Å². The highest BCUT2D eigenvalue weighted by Gasteiger charge is 2.29. The molecule has 110 valence electrons. The van der Waals surface area contributed by atoms with Gasteiger partial charge in [-0.15, -0.1) is 11.8 Å². The molecule has 1 aromatic heterocycles. The van der Waals surface area contributed by atoms with E-state index in [1.807, 2.05) is 18.2 Å². The lowest BCUT2D eigenvalue weighted by molar-refractivity contribution is 0.0976. The summed E-state index contributed by atoms with van der Waals surface area (Å²) in [5.74, 6) is 0.175. The zero-order valence-corrected chi connectivity index (χ0v) is 13.6. The van der Waals surface area contributed by atoms with Crippen LogP contribution in [0.4, 0.5) is 0 Å². The van der Waals surface area contributed by atoms with Crippen LogP contribution in [0.3, 0.4) is 0 Å². The predicted molar refractivity (Wildman–Crippen MR) is 91.9 cm³/mol. The van der Waals surface area contributed by atoms with Crippen LogP contribution in [0.2, 0.25) is 5.02 Å². The fourth-order valence-electron chi connectivity index (χ4n) is 3.10. The normalized spacial score (nSPS) is 17.7. The number of nitrogens with zero attached hydrogens (tertiary/aromatic N) is 1. The van der Waals surface area contributed by atoms with Crippen molar-refractivity contribution in [3.8, 4) is 0 Å². The van der Waals surface area contributed by atoms with Gasteiger partial charge in [0.05, 0.1) is 0 Å². The van der Waals surface area contributed by atoms with Crippen molar-refractivity contribution in [1.82, 2.24) is 4.57 Å². The van der Waals surface area contributed by atoms with Crippen LogP contribution in [-0.4, -0.2) is 10.4 Å². The third kappa shape index (κ3) is 2.16. The SMILES string of the molecule is Cn1cc(C2CC(=O)c3cc(Cl)ccc3S2)c2ccccc21. The molecule has 1 unspecified atom stereocenters. The van der Waals surface area contributed by atoms with Crippen LogP contribution >= 0.6 is 23.4 Å². The molecule has 2 aromatic carbocycles. The summed E-state index contributed by atoms with van der Waals surface area (Å²) in [6.45, 7) is 0. The second-order valence-corrected chi connectivity index (χ2v) is 7.27. The Labute approximate surface area is 138 Å². The minimum absolute atomic E-state index is 0.160. The molecule has 1 aliphatic rings. The summed E-state index contributed by atoms with van der Waals surface area (Å²) in [6, 6.07) is 13.9. The van der Waals surface area contributed by atoms with Crippen molar-refractivity contribution in [2.75, 3.05) is 0 Å². The zero-order valence-electron chi connectivity index (χ0n) is 12.0. The summed E-state index contributed by atoms with van der Waals surface area (Å²) in [6.07, 6.45) is 2.67. The highest BCUT2D eigenvalue weighted by molar-refractivity contribution is 7.99. The number of thioether (sulfide) groups is 1. The van der Waals surface area contributed by atoms with Crippen molar-refractivity contribution < 1.29 is 4.79 Å². The number of para-hydroxylation sites is 1. The molecule has 2 heterocycles. The van der Waals surface area contributed by atoms with Gasteiger partial charge >= 0.3 is 0 Å². The summed E-state index contributed by atoms with van der Waals surface area (Å²) < 4.78 is 2.13. The van der Waals surface area contributed by atoms with Crippen molar-refractivity contribution in [3.63, 3.8) is 0 Å². The average Bonchev–Trinajstić information content (AvgIpc) is 2.86. The first-order valence-corrected chi connectivity index (χ1v) is 8.42. The summed E-state index contributed by atoms with van der Waals surface area (Å²) in [7, 11) is 2.05.